The molecule has 1 aliphatic rings. The summed E-state index contributed by atoms with van der Waals surface area (Å²) in [6.45, 7) is 6.64. The fourth-order valence-corrected chi connectivity index (χ4v) is 3.62. The summed E-state index contributed by atoms with van der Waals surface area (Å²) < 4.78 is 5.35. The maximum Gasteiger partial charge on any atom is 0.255 e. The first-order valence-corrected chi connectivity index (χ1v) is 10.1. The Balaban J connectivity index is 0.00000392. The Hall–Kier alpha value is -1.51. The summed E-state index contributed by atoms with van der Waals surface area (Å²) in [6, 6.07) is 7.59. The normalized spacial score (nSPS) is 19.4. The second-order valence-corrected chi connectivity index (χ2v) is 7.45. The van der Waals surface area contributed by atoms with E-state index in [9.17, 15) is 4.79 Å². The molecule has 0 saturated heterocycles. The number of hydrogen-bond acceptors (Lipinski definition) is 3. The minimum atomic E-state index is -0.482. The topological polar surface area (TPSA) is 88.7 Å². The first kappa shape index (κ1) is 24.5. The average molecular weight is 502 g/mol. The molecule has 0 bridgehead atoms. The average Bonchev–Trinajstić information content (AvgIpc) is 2.65. The zero-order chi connectivity index (χ0) is 19.5. The van der Waals surface area contributed by atoms with Crippen molar-refractivity contribution in [2.24, 2.45) is 22.6 Å². The fraction of sp³-hybridized carbons (Fsp3) is 0.619. The number of nitrogens with one attached hydrogen (secondary N) is 2. The molecule has 0 aliphatic heterocycles. The quantitative estimate of drug-likeness (QED) is 0.274. The maximum absolute atomic E-state index is 10.8. The highest BCUT2D eigenvalue weighted by Crippen LogP contribution is 2.30. The van der Waals surface area contributed by atoms with Gasteiger partial charge in [0, 0.05) is 13.1 Å². The van der Waals surface area contributed by atoms with Gasteiger partial charge in [0.2, 0.25) is 0 Å². The lowest BCUT2D eigenvalue weighted by Crippen LogP contribution is -2.38. The van der Waals surface area contributed by atoms with Crippen molar-refractivity contribution in [3.63, 3.8) is 0 Å². The van der Waals surface area contributed by atoms with Gasteiger partial charge in [0.15, 0.2) is 12.6 Å². The van der Waals surface area contributed by atoms with Crippen LogP contribution >= 0.6 is 24.0 Å². The molecule has 7 heteroatoms. The van der Waals surface area contributed by atoms with E-state index in [1.54, 1.807) is 0 Å². The number of nitrogens with two attached hydrogens (primary N) is 1. The highest BCUT2D eigenvalue weighted by atomic mass is 127. The number of hydrogen-bond donors (Lipinski definition) is 3. The molecule has 0 heterocycles. The summed E-state index contributed by atoms with van der Waals surface area (Å²) >= 11 is 0. The highest BCUT2D eigenvalue weighted by molar-refractivity contribution is 14.0. The van der Waals surface area contributed by atoms with E-state index in [1.807, 2.05) is 24.3 Å². The third-order valence-electron chi connectivity index (χ3n) is 4.93. The van der Waals surface area contributed by atoms with Crippen molar-refractivity contribution < 1.29 is 9.53 Å². The lowest BCUT2D eigenvalue weighted by atomic mass is 9.81. The molecule has 1 fully saturated rings. The summed E-state index contributed by atoms with van der Waals surface area (Å²) in [5.41, 5.74) is 6.14. The number of carbonyl (C=O) groups excluding carboxylic acids is 1. The summed E-state index contributed by atoms with van der Waals surface area (Å²) in [5.74, 6) is 2.69. The lowest BCUT2D eigenvalue weighted by Gasteiger charge is -2.26. The van der Waals surface area contributed by atoms with E-state index in [0.29, 0.717) is 12.3 Å². The Labute approximate surface area is 186 Å². The Morgan fingerprint density at radius 2 is 2.14 bits per heavy atom. The van der Waals surface area contributed by atoms with Gasteiger partial charge in [-0.25, -0.2) is 4.99 Å². The van der Waals surface area contributed by atoms with Crippen LogP contribution < -0.4 is 21.1 Å². The minimum Gasteiger partial charge on any atom is -0.484 e. The Bertz CT molecular complexity index is 624. The van der Waals surface area contributed by atoms with Gasteiger partial charge in [-0.2, -0.15) is 0 Å². The predicted octanol–water partition coefficient (Wildman–Crippen LogP) is 3.44. The number of nitrogens with zero attached hydrogens (tertiary/aromatic N) is 1. The first-order valence-electron chi connectivity index (χ1n) is 10.1. The number of carbonyl (C=O) groups is 1. The fourth-order valence-electron chi connectivity index (χ4n) is 3.62. The molecule has 0 spiro atoms. The van der Waals surface area contributed by atoms with Gasteiger partial charge in [0.05, 0.1) is 6.54 Å². The number of ether oxygens (including phenoxy) is 1. The van der Waals surface area contributed by atoms with Crippen LogP contribution in [0.25, 0.3) is 0 Å². The molecular formula is C21H35IN4O2. The van der Waals surface area contributed by atoms with Crippen molar-refractivity contribution in [2.75, 3.05) is 19.7 Å². The van der Waals surface area contributed by atoms with E-state index in [0.717, 1.165) is 36.4 Å². The molecule has 6 nitrogen and oxygen atoms in total. The molecule has 28 heavy (non-hydrogen) atoms. The van der Waals surface area contributed by atoms with Crippen LogP contribution in [0.3, 0.4) is 0 Å². The molecule has 1 aromatic carbocycles. The summed E-state index contributed by atoms with van der Waals surface area (Å²) in [4.78, 5) is 15.5. The van der Waals surface area contributed by atoms with E-state index >= 15 is 0 Å². The maximum atomic E-state index is 10.8. The standard InChI is InChI=1S/C21H34N4O2.HI/c1-3-23-21(24-11-10-17-7-4-6-16(2)12-17)25-14-18-8-5-9-19(13-18)27-15-20(22)26;/h5,8-9,13,16-17H,3-4,6-7,10-12,14-15H2,1-2H3,(H2,22,26)(H2,23,24,25);1H. The van der Waals surface area contributed by atoms with Crippen LogP contribution in [-0.2, 0) is 11.3 Å². The molecule has 1 amide bonds. The van der Waals surface area contributed by atoms with Crippen molar-refractivity contribution in [2.45, 2.75) is 52.5 Å². The van der Waals surface area contributed by atoms with Gasteiger partial charge in [0.25, 0.3) is 5.91 Å². The second-order valence-electron chi connectivity index (χ2n) is 7.45. The minimum absolute atomic E-state index is 0. The Morgan fingerprint density at radius 3 is 2.86 bits per heavy atom. The molecule has 2 unspecified atom stereocenters. The molecule has 2 atom stereocenters. The molecular weight excluding hydrogens is 467 g/mol. The highest BCUT2D eigenvalue weighted by Gasteiger charge is 2.18. The van der Waals surface area contributed by atoms with E-state index < -0.39 is 5.91 Å². The summed E-state index contributed by atoms with van der Waals surface area (Å²) in [5, 5.41) is 6.75. The van der Waals surface area contributed by atoms with Gasteiger partial charge in [-0.1, -0.05) is 38.3 Å². The van der Waals surface area contributed by atoms with Crippen LogP contribution in [0.5, 0.6) is 5.75 Å². The van der Waals surface area contributed by atoms with Crippen LogP contribution in [0.4, 0.5) is 0 Å². The Morgan fingerprint density at radius 1 is 1.32 bits per heavy atom. The van der Waals surface area contributed by atoms with Crippen molar-refractivity contribution in [3.05, 3.63) is 29.8 Å². The number of guanidine groups is 1. The molecule has 0 radical (unpaired) electrons. The van der Waals surface area contributed by atoms with E-state index in [2.05, 4.69) is 29.5 Å². The number of amides is 1. The van der Waals surface area contributed by atoms with Gasteiger partial charge < -0.3 is 21.1 Å². The van der Waals surface area contributed by atoms with Gasteiger partial charge in [0.1, 0.15) is 5.75 Å². The number of aliphatic imine (C=N–C) groups is 1. The zero-order valence-corrected chi connectivity index (χ0v) is 19.4. The third kappa shape index (κ3) is 9.61. The number of benzene rings is 1. The molecule has 1 aromatic rings. The summed E-state index contributed by atoms with van der Waals surface area (Å²) in [7, 11) is 0. The first-order chi connectivity index (χ1) is 13.1. The van der Waals surface area contributed by atoms with Gasteiger partial charge in [-0.15, -0.1) is 24.0 Å². The predicted molar refractivity (Wildman–Crippen MR) is 125 cm³/mol. The lowest BCUT2D eigenvalue weighted by molar-refractivity contribution is -0.119. The zero-order valence-electron chi connectivity index (χ0n) is 17.1. The van der Waals surface area contributed by atoms with E-state index in [-0.39, 0.29) is 30.6 Å². The van der Waals surface area contributed by atoms with Crippen molar-refractivity contribution in [3.8, 4) is 5.75 Å². The van der Waals surface area contributed by atoms with Gasteiger partial charge in [-0.05, 0) is 49.3 Å². The second kappa shape index (κ2) is 13.6. The van der Waals surface area contributed by atoms with Crippen molar-refractivity contribution >= 4 is 35.8 Å². The van der Waals surface area contributed by atoms with Gasteiger partial charge >= 0.3 is 0 Å². The molecule has 0 aromatic heterocycles. The molecule has 1 saturated carbocycles. The molecule has 158 valence electrons. The Kier molecular flexibility index (Phi) is 11.9. The SMILES string of the molecule is CCNC(=NCc1cccc(OCC(N)=O)c1)NCCC1CCCC(C)C1.I. The number of halogens is 1. The number of rotatable bonds is 9. The van der Waals surface area contributed by atoms with Gasteiger partial charge in [-0.3, -0.25) is 4.79 Å². The van der Waals surface area contributed by atoms with E-state index in [1.165, 1.54) is 32.1 Å². The molecule has 1 aliphatic carbocycles. The van der Waals surface area contributed by atoms with Crippen LogP contribution in [0, 0.1) is 11.8 Å². The van der Waals surface area contributed by atoms with Crippen LogP contribution in [0.15, 0.2) is 29.3 Å². The van der Waals surface area contributed by atoms with Crippen LogP contribution in [-0.4, -0.2) is 31.6 Å². The van der Waals surface area contributed by atoms with Crippen molar-refractivity contribution in [1.82, 2.24) is 10.6 Å². The largest absolute Gasteiger partial charge is 0.484 e. The molecule has 2 rings (SSSR count). The number of primary amides is 1. The smallest absolute Gasteiger partial charge is 0.255 e. The van der Waals surface area contributed by atoms with Crippen LogP contribution in [0.1, 0.15) is 51.5 Å². The third-order valence-corrected chi connectivity index (χ3v) is 4.93. The van der Waals surface area contributed by atoms with E-state index in [4.69, 9.17) is 10.5 Å². The molecule has 4 N–H and O–H groups in total. The van der Waals surface area contributed by atoms with Crippen molar-refractivity contribution in [1.29, 1.82) is 0 Å². The monoisotopic (exact) mass is 502 g/mol. The van der Waals surface area contributed by atoms with Crippen LogP contribution in [0.2, 0.25) is 0 Å². The summed E-state index contributed by atoms with van der Waals surface area (Å²) in [6.07, 6.45) is 6.67.